The van der Waals surface area contributed by atoms with Gasteiger partial charge in [0.25, 0.3) is 11.6 Å². The Morgan fingerprint density at radius 3 is 2.65 bits per heavy atom. The number of hydrogen-bond acceptors (Lipinski definition) is 4. The van der Waals surface area contributed by atoms with Gasteiger partial charge in [-0.2, -0.15) is 0 Å². The Labute approximate surface area is 118 Å². The number of carbonyl (C=O) groups is 1. The van der Waals surface area contributed by atoms with Crippen LogP contribution in [-0.4, -0.2) is 23.4 Å². The first kappa shape index (κ1) is 15.9. The number of nitro benzene ring substituents is 1. The van der Waals surface area contributed by atoms with Gasteiger partial charge in [-0.25, -0.2) is 0 Å². The van der Waals surface area contributed by atoms with Crippen molar-refractivity contribution in [2.45, 2.75) is 39.7 Å². The summed E-state index contributed by atoms with van der Waals surface area (Å²) < 4.78 is 0. The third-order valence-electron chi connectivity index (χ3n) is 2.92. The van der Waals surface area contributed by atoms with Crippen molar-refractivity contribution in [3.8, 4) is 0 Å². The molecule has 0 aliphatic rings. The normalized spacial score (nSPS) is 11.8. The molecule has 20 heavy (non-hydrogen) atoms. The molecule has 6 nitrogen and oxygen atoms in total. The molecule has 0 bridgehead atoms. The fourth-order valence-electron chi connectivity index (χ4n) is 1.99. The standard InChI is InChI=1S/C14H21N3O3/c1-4-6-10(3)16-12-9-11(14(18)15-5-2)7-8-13(12)17(19)20/h7-10,16H,4-6H2,1-3H3,(H,15,18). The van der Waals surface area contributed by atoms with Gasteiger partial charge >= 0.3 is 0 Å². The van der Waals surface area contributed by atoms with Gasteiger partial charge in [0.05, 0.1) is 4.92 Å². The maximum atomic E-state index is 11.8. The highest BCUT2D eigenvalue weighted by molar-refractivity contribution is 5.95. The van der Waals surface area contributed by atoms with Crippen LogP contribution in [0.5, 0.6) is 0 Å². The van der Waals surface area contributed by atoms with Crippen LogP contribution >= 0.6 is 0 Å². The second kappa shape index (κ2) is 7.47. The first-order chi connectivity index (χ1) is 9.49. The van der Waals surface area contributed by atoms with Gasteiger partial charge < -0.3 is 10.6 Å². The summed E-state index contributed by atoms with van der Waals surface area (Å²) in [4.78, 5) is 22.4. The van der Waals surface area contributed by atoms with E-state index in [1.165, 1.54) is 18.2 Å². The number of hydrogen-bond donors (Lipinski definition) is 2. The number of nitro groups is 1. The zero-order chi connectivity index (χ0) is 15.1. The highest BCUT2D eigenvalue weighted by Gasteiger charge is 2.17. The smallest absolute Gasteiger partial charge is 0.292 e. The summed E-state index contributed by atoms with van der Waals surface area (Å²) in [6.45, 7) is 6.36. The summed E-state index contributed by atoms with van der Waals surface area (Å²) in [5.41, 5.74) is 0.796. The zero-order valence-electron chi connectivity index (χ0n) is 12.1. The average Bonchev–Trinajstić information content (AvgIpc) is 2.38. The number of nitrogens with one attached hydrogen (secondary N) is 2. The molecule has 1 rings (SSSR count). The quantitative estimate of drug-likeness (QED) is 0.593. The number of benzene rings is 1. The van der Waals surface area contributed by atoms with Crippen LogP contribution in [0, 0.1) is 10.1 Å². The van der Waals surface area contributed by atoms with E-state index >= 15 is 0 Å². The molecule has 1 unspecified atom stereocenters. The van der Waals surface area contributed by atoms with Crippen LogP contribution in [0.3, 0.4) is 0 Å². The number of anilines is 1. The number of carbonyl (C=O) groups excluding carboxylic acids is 1. The minimum Gasteiger partial charge on any atom is -0.377 e. The van der Waals surface area contributed by atoms with Crippen molar-refractivity contribution in [3.05, 3.63) is 33.9 Å². The van der Waals surface area contributed by atoms with E-state index in [0.29, 0.717) is 17.8 Å². The van der Waals surface area contributed by atoms with Crippen LogP contribution in [0.15, 0.2) is 18.2 Å². The van der Waals surface area contributed by atoms with E-state index in [2.05, 4.69) is 17.6 Å². The Bertz CT molecular complexity index is 489. The summed E-state index contributed by atoms with van der Waals surface area (Å²) in [6.07, 6.45) is 1.89. The van der Waals surface area contributed by atoms with Crippen molar-refractivity contribution in [1.82, 2.24) is 5.32 Å². The summed E-state index contributed by atoms with van der Waals surface area (Å²) in [6, 6.07) is 4.49. The van der Waals surface area contributed by atoms with E-state index in [9.17, 15) is 14.9 Å². The molecular formula is C14H21N3O3. The van der Waals surface area contributed by atoms with Crippen LogP contribution in [0.25, 0.3) is 0 Å². The Hall–Kier alpha value is -2.11. The van der Waals surface area contributed by atoms with Crippen LogP contribution in [0.4, 0.5) is 11.4 Å². The molecule has 1 aromatic rings. The molecule has 1 aromatic carbocycles. The average molecular weight is 279 g/mol. The third-order valence-corrected chi connectivity index (χ3v) is 2.92. The molecule has 6 heteroatoms. The molecule has 0 saturated carbocycles. The lowest BCUT2D eigenvalue weighted by Gasteiger charge is -2.15. The predicted molar refractivity (Wildman–Crippen MR) is 79.1 cm³/mol. The number of nitrogens with zero attached hydrogens (tertiary/aromatic N) is 1. The molecular weight excluding hydrogens is 258 g/mol. The minimum absolute atomic E-state index is 0.0130. The first-order valence-corrected chi connectivity index (χ1v) is 6.82. The summed E-state index contributed by atoms with van der Waals surface area (Å²) in [7, 11) is 0. The molecule has 0 saturated heterocycles. The fourth-order valence-corrected chi connectivity index (χ4v) is 1.99. The first-order valence-electron chi connectivity index (χ1n) is 6.82. The summed E-state index contributed by atoms with van der Waals surface area (Å²) >= 11 is 0. The molecule has 0 spiro atoms. The maximum absolute atomic E-state index is 11.8. The molecule has 1 atom stereocenters. The highest BCUT2D eigenvalue weighted by atomic mass is 16.6. The van der Waals surface area contributed by atoms with Crippen LogP contribution in [-0.2, 0) is 0 Å². The fraction of sp³-hybridized carbons (Fsp3) is 0.500. The van der Waals surface area contributed by atoms with E-state index in [0.717, 1.165) is 12.8 Å². The van der Waals surface area contributed by atoms with E-state index < -0.39 is 4.92 Å². The van der Waals surface area contributed by atoms with Gasteiger partial charge in [0.1, 0.15) is 5.69 Å². The molecule has 0 radical (unpaired) electrons. The molecule has 2 N–H and O–H groups in total. The second-order valence-electron chi connectivity index (χ2n) is 4.68. The molecule has 0 aromatic heterocycles. The lowest BCUT2D eigenvalue weighted by atomic mass is 10.1. The van der Waals surface area contributed by atoms with Gasteiger partial charge in [0.2, 0.25) is 0 Å². The van der Waals surface area contributed by atoms with Crippen molar-refractivity contribution in [2.75, 3.05) is 11.9 Å². The van der Waals surface area contributed by atoms with Gasteiger partial charge in [0, 0.05) is 24.2 Å². The van der Waals surface area contributed by atoms with E-state index in [1.807, 2.05) is 13.8 Å². The third kappa shape index (κ3) is 4.22. The largest absolute Gasteiger partial charge is 0.377 e. The van der Waals surface area contributed by atoms with E-state index in [4.69, 9.17) is 0 Å². The topological polar surface area (TPSA) is 84.3 Å². The van der Waals surface area contributed by atoms with Crippen LogP contribution in [0.2, 0.25) is 0 Å². The maximum Gasteiger partial charge on any atom is 0.292 e. The zero-order valence-corrected chi connectivity index (χ0v) is 12.1. The van der Waals surface area contributed by atoms with Crippen LogP contribution in [0.1, 0.15) is 44.0 Å². The highest BCUT2D eigenvalue weighted by Crippen LogP contribution is 2.26. The van der Waals surface area contributed by atoms with Gasteiger partial charge in [-0.15, -0.1) is 0 Å². The minimum atomic E-state index is -0.442. The predicted octanol–water partition coefficient (Wildman–Crippen LogP) is 2.95. The molecule has 0 heterocycles. The number of rotatable bonds is 7. The Morgan fingerprint density at radius 1 is 1.40 bits per heavy atom. The van der Waals surface area contributed by atoms with E-state index in [-0.39, 0.29) is 17.6 Å². The molecule has 110 valence electrons. The van der Waals surface area contributed by atoms with Crippen molar-refractivity contribution in [1.29, 1.82) is 0 Å². The Balaban J connectivity index is 3.05. The molecule has 0 fully saturated rings. The van der Waals surface area contributed by atoms with Gasteiger partial charge in [-0.3, -0.25) is 14.9 Å². The molecule has 1 amide bonds. The van der Waals surface area contributed by atoms with Crippen molar-refractivity contribution in [3.63, 3.8) is 0 Å². The lowest BCUT2D eigenvalue weighted by Crippen LogP contribution is -2.23. The summed E-state index contributed by atoms with van der Waals surface area (Å²) in [5.74, 6) is -0.228. The van der Waals surface area contributed by atoms with Gasteiger partial charge in [-0.05, 0) is 32.4 Å². The molecule has 0 aliphatic carbocycles. The Morgan fingerprint density at radius 2 is 2.10 bits per heavy atom. The van der Waals surface area contributed by atoms with E-state index in [1.54, 1.807) is 0 Å². The van der Waals surface area contributed by atoms with Crippen molar-refractivity contribution < 1.29 is 9.72 Å². The SMILES string of the molecule is CCCC(C)Nc1cc(C(=O)NCC)ccc1[N+](=O)[O-]. The monoisotopic (exact) mass is 279 g/mol. The Kier molecular flexibility index (Phi) is 5.96. The summed E-state index contributed by atoms with van der Waals surface area (Å²) in [5, 5.41) is 16.8. The lowest BCUT2D eigenvalue weighted by molar-refractivity contribution is -0.384. The molecule has 0 aliphatic heterocycles. The van der Waals surface area contributed by atoms with Crippen LogP contribution < -0.4 is 10.6 Å². The number of amides is 1. The second-order valence-corrected chi connectivity index (χ2v) is 4.68. The van der Waals surface area contributed by atoms with Crippen molar-refractivity contribution in [2.24, 2.45) is 0 Å². The van der Waals surface area contributed by atoms with Crippen molar-refractivity contribution >= 4 is 17.3 Å². The van der Waals surface area contributed by atoms with Gasteiger partial charge in [-0.1, -0.05) is 13.3 Å². The van der Waals surface area contributed by atoms with Gasteiger partial charge in [0.15, 0.2) is 0 Å².